The van der Waals surface area contributed by atoms with Crippen LogP contribution in [0.15, 0.2) is 54.6 Å². The van der Waals surface area contributed by atoms with Crippen molar-refractivity contribution in [2.75, 3.05) is 18.5 Å². The van der Waals surface area contributed by atoms with E-state index in [1.54, 1.807) is 24.3 Å². The molecule has 5 nitrogen and oxygen atoms in total. The minimum Gasteiger partial charge on any atom is -0.375 e. The lowest BCUT2D eigenvalue weighted by Gasteiger charge is -2.36. The van der Waals surface area contributed by atoms with Gasteiger partial charge in [-0.3, -0.25) is 9.59 Å². The second kappa shape index (κ2) is 7.49. The Bertz CT molecular complexity index is 743. The lowest BCUT2D eigenvalue weighted by Crippen LogP contribution is -2.50. The van der Waals surface area contributed by atoms with E-state index in [9.17, 15) is 9.59 Å². The van der Waals surface area contributed by atoms with Crippen molar-refractivity contribution in [2.45, 2.75) is 26.0 Å². The molecule has 0 aromatic heterocycles. The molecule has 130 valence electrons. The van der Waals surface area contributed by atoms with E-state index < -0.39 is 0 Å². The average molecular weight is 338 g/mol. The first-order valence-corrected chi connectivity index (χ1v) is 8.43. The highest BCUT2D eigenvalue weighted by Crippen LogP contribution is 2.16. The predicted molar refractivity (Wildman–Crippen MR) is 96.7 cm³/mol. The molecule has 1 fully saturated rings. The molecule has 2 atom stereocenters. The number of nitrogens with one attached hydrogen (secondary N) is 1. The van der Waals surface area contributed by atoms with E-state index in [1.165, 1.54) is 0 Å². The maximum Gasteiger partial charge on any atom is 0.255 e. The van der Waals surface area contributed by atoms with Crippen LogP contribution in [0.3, 0.4) is 0 Å². The topological polar surface area (TPSA) is 58.6 Å². The normalized spacial score (nSPS) is 20.2. The summed E-state index contributed by atoms with van der Waals surface area (Å²) in [6, 6.07) is 16.1. The van der Waals surface area contributed by atoms with Crippen LogP contribution in [0.1, 0.15) is 34.6 Å². The average Bonchev–Trinajstić information content (AvgIpc) is 2.64. The fraction of sp³-hybridized carbons (Fsp3) is 0.300. The zero-order valence-corrected chi connectivity index (χ0v) is 14.4. The summed E-state index contributed by atoms with van der Waals surface area (Å²) < 4.78 is 5.57. The number of amides is 2. The number of benzene rings is 2. The predicted octanol–water partition coefficient (Wildman–Crippen LogP) is 3.19. The van der Waals surface area contributed by atoms with Gasteiger partial charge in [0.05, 0.1) is 18.8 Å². The fourth-order valence-corrected chi connectivity index (χ4v) is 2.84. The Hall–Kier alpha value is -2.66. The van der Waals surface area contributed by atoms with E-state index in [0.29, 0.717) is 24.3 Å². The molecule has 0 spiro atoms. The van der Waals surface area contributed by atoms with Gasteiger partial charge in [0.1, 0.15) is 0 Å². The lowest BCUT2D eigenvalue weighted by molar-refractivity contribution is -0.0387. The molecule has 1 aliphatic rings. The third-order valence-corrected chi connectivity index (χ3v) is 4.29. The number of hydrogen-bond donors (Lipinski definition) is 1. The molecule has 0 radical (unpaired) electrons. The number of rotatable bonds is 3. The van der Waals surface area contributed by atoms with Crippen molar-refractivity contribution in [2.24, 2.45) is 0 Å². The molecular weight excluding hydrogens is 316 g/mol. The summed E-state index contributed by atoms with van der Waals surface area (Å²) in [5, 5.41) is 2.83. The van der Waals surface area contributed by atoms with Crippen molar-refractivity contribution >= 4 is 17.5 Å². The van der Waals surface area contributed by atoms with Crippen molar-refractivity contribution in [3.8, 4) is 0 Å². The highest BCUT2D eigenvalue weighted by atomic mass is 16.5. The zero-order valence-electron chi connectivity index (χ0n) is 14.4. The van der Waals surface area contributed by atoms with Gasteiger partial charge in [0.2, 0.25) is 0 Å². The van der Waals surface area contributed by atoms with Crippen LogP contribution < -0.4 is 5.32 Å². The Balaban J connectivity index is 1.69. The van der Waals surface area contributed by atoms with Crippen molar-refractivity contribution in [1.29, 1.82) is 0 Å². The first kappa shape index (κ1) is 17.2. The van der Waals surface area contributed by atoms with Gasteiger partial charge in [-0.25, -0.2) is 0 Å². The summed E-state index contributed by atoms with van der Waals surface area (Å²) in [6.07, 6.45) is 0.0380. The maximum atomic E-state index is 12.7. The van der Waals surface area contributed by atoms with Crippen LogP contribution in [-0.2, 0) is 4.74 Å². The molecule has 2 aromatic rings. The molecule has 1 saturated heterocycles. The van der Waals surface area contributed by atoms with Crippen molar-refractivity contribution in [3.63, 3.8) is 0 Å². The maximum absolute atomic E-state index is 12.7. The first-order chi connectivity index (χ1) is 12.0. The summed E-state index contributed by atoms with van der Waals surface area (Å²) >= 11 is 0. The van der Waals surface area contributed by atoms with Gasteiger partial charge in [0, 0.05) is 23.4 Å². The van der Waals surface area contributed by atoms with Crippen LogP contribution >= 0.6 is 0 Å². The molecule has 0 saturated carbocycles. The minimum absolute atomic E-state index is 0.0299. The Morgan fingerprint density at radius 2 is 1.64 bits per heavy atom. The first-order valence-electron chi connectivity index (χ1n) is 8.43. The second-order valence-electron chi connectivity index (χ2n) is 6.35. The SMILES string of the molecule is CC1CN(C(=O)c2ccc(C(=O)Nc3ccccc3)cc2)C(C)CO1. The molecule has 1 heterocycles. The monoisotopic (exact) mass is 338 g/mol. The number of anilines is 1. The Morgan fingerprint density at radius 3 is 2.32 bits per heavy atom. The lowest BCUT2D eigenvalue weighted by atomic mass is 10.1. The number of nitrogens with zero attached hydrogens (tertiary/aromatic N) is 1. The number of carbonyl (C=O) groups is 2. The zero-order chi connectivity index (χ0) is 17.8. The van der Waals surface area contributed by atoms with Crippen LogP contribution in [0.2, 0.25) is 0 Å². The van der Waals surface area contributed by atoms with Crippen molar-refractivity contribution in [3.05, 3.63) is 65.7 Å². The Labute approximate surface area is 147 Å². The molecule has 1 aliphatic heterocycles. The van der Waals surface area contributed by atoms with E-state index in [0.717, 1.165) is 5.69 Å². The van der Waals surface area contributed by atoms with E-state index in [4.69, 9.17) is 4.74 Å². The summed E-state index contributed by atoms with van der Waals surface area (Å²) in [6.45, 7) is 5.06. The molecule has 25 heavy (non-hydrogen) atoms. The molecule has 2 unspecified atom stereocenters. The molecule has 3 rings (SSSR count). The third-order valence-electron chi connectivity index (χ3n) is 4.29. The largest absolute Gasteiger partial charge is 0.375 e. The van der Waals surface area contributed by atoms with Crippen LogP contribution in [0.5, 0.6) is 0 Å². The fourth-order valence-electron chi connectivity index (χ4n) is 2.84. The Morgan fingerprint density at radius 1 is 1.00 bits per heavy atom. The highest BCUT2D eigenvalue weighted by Gasteiger charge is 2.28. The third kappa shape index (κ3) is 4.06. The smallest absolute Gasteiger partial charge is 0.255 e. The number of morpholine rings is 1. The Kier molecular flexibility index (Phi) is 5.14. The summed E-state index contributed by atoms with van der Waals surface area (Å²) in [7, 11) is 0. The van der Waals surface area contributed by atoms with Crippen LogP contribution in [0, 0.1) is 0 Å². The van der Waals surface area contributed by atoms with Gasteiger partial charge in [-0.15, -0.1) is 0 Å². The molecular formula is C20H22N2O3. The van der Waals surface area contributed by atoms with Gasteiger partial charge < -0.3 is 15.0 Å². The quantitative estimate of drug-likeness (QED) is 0.935. The molecule has 0 bridgehead atoms. The minimum atomic E-state index is -0.196. The molecule has 0 aliphatic carbocycles. The molecule has 2 amide bonds. The number of carbonyl (C=O) groups excluding carboxylic acids is 2. The number of para-hydroxylation sites is 1. The van der Waals surface area contributed by atoms with Gasteiger partial charge in [-0.2, -0.15) is 0 Å². The van der Waals surface area contributed by atoms with Gasteiger partial charge in [0.15, 0.2) is 0 Å². The number of hydrogen-bond acceptors (Lipinski definition) is 3. The summed E-state index contributed by atoms with van der Waals surface area (Å²) in [5.41, 5.74) is 1.84. The highest BCUT2D eigenvalue weighted by molar-refractivity contribution is 6.05. The van der Waals surface area contributed by atoms with Crippen LogP contribution in [0.25, 0.3) is 0 Å². The van der Waals surface area contributed by atoms with E-state index in [1.807, 2.05) is 49.1 Å². The van der Waals surface area contributed by atoms with Crippen molar-refractivity contribution in [1.82, 2.24) is 4.90 Å². The van der Waals surface area contributed by atoms with Crippen LogP contribution in [-0.4, -0.2) is 42.0 Å². The van der Waals surface area contributed by atoms with Gasteiger partial charge in [-0.1, -0.05) is 18.2 Å². The molecule has 2 aromatic carbocycles. The van der Waals surface area contributed by atoms with E-state index >= 15 is 0 Å². The van der Waals surface area contributed by atoms with Crippen LogP contribution in [0.4, 0.5) is 5.69 Å². The summed E-state index contributed by atoms with van der Waals surface area (Å²) in [5.74, 6) is -0.226. The van der Waals surface area contributed by atoms with Gasteiger partial charge in [-0.05, 0) is 50.2 Å². The van der Waals surface area contributed by atoms with Crippen molar-refractivity contribution < 1.29 is 14.3 Å². The van der Waals surface area contributed by atoms with Gasteiger partial charge in [0.25, 0.3) is 11.8 Å². The van der Waals surface area contributed by atoms with E-state index in [-0.39, 0.29) is 24.0 Å². The van der Waals surface area contributed by atoms with E-state index in [2.05, 4.69) is 5.32 Å². The summed E-state index contributed by atoms with van der Waals surface area (Å²) in [4.78, 5) is 26.8. The standard InChI is InChI=1S/C20H22N2O3/c1-14-13-25-15(2)12-22(14)20(24)17-10-8-16(9-11-17)19(23)21-18-6-4-3-5-7-18/h3-11,14-15H,12-13H2,1-2H3,(H,21,23). The second-order valence-corrected chi connectivity index (χ2v) is 6.35. The van der Waals surface area contributed by atoms with Gasteiger partial charge >= 0.3 is 0 Å². The molecule has 1 N–H and O–H groups in total. The number of ether oxygens (including phenoxy) is 1. The molecule has 5 heteroatoms.